The molecule has 4 rings (SSSR count). The summed E-state index contributed by atoms with van der Waals surface area (Å²) in [5.74, 6) is -0.626. The van der Waals surface area contributed by atoms with Crippen LogP contribution in [0.1, 0.15) is 27.0 Å². The Kier molecular flexibility index (Phi) is 7.14. The topological polar surface area (TPSA) is 96.5 Å². The number of ether oxygens (including phenoxy) is 1. The molecule has 0 bridgehead atoms. The Balaban J connectivity index is 1.74. The van der Waals surface area contributed by atoms with Crippen molar-refractivity contribution in [1.82, 2.24) is 9.29 Å². The number of fused-ring (bicyclic) bond motifs is 1. The van der Waals surface area contributed by atoms with Crippen LogP contribution in [0.3, 0.4) is 0 Å². The number of rotatable bonds is 8. The number of carbonyl (C=O) groups is 1. The first-order valence-electron chi connectivity index (χ1n) is 11.1. The Bertz CT molecular complexity index is 1530. The number of hydrogen-bond donors (Lipinski definition) is 1. The number of pyridine rings is 1. The molecule has 0 aliphatic carbocycles. The van der Waals surface area contributed by atoms with E-state index in [0.29, 0.717) is 17.5 Å². The van der Waals surface area contributed by atoms with E-state index in [9.17, 15) is 18.0 Å². The molecular weight excluding hydrogens is 464 g/mol. The Hall–Kier alpha value is -3.75. The summed E-state index contributed by atoms with van der Waals surface area (Å²) in [5.41, 5.74) is 2.82. The number of aromatic amines is 1. The van der Waals surface area contributed by atoms with Crippen molar-refractivity contribution in [3.05, 3.63) is 111 Å². The molecule has 0 unspecified atom stereocenters. The molecule has 8 heteroatoms. The van der Waals surface area contributed by atoms with E-state index in [4.69, 9.17) is 4.74 Å². The standard InChI is InChI=1S/C27H26N2O5S/c1-19-11-12-25-22(15-19)16-23(26(30)28-25)18-29(14-13-20-7-4-3-5-8-20)35(32,33)24-10-6-9-21(17-24)27(31)34-2/h3-12,15-17H,13-14,18H2,1-2H3,(H,28,30). The third-order valence-electron chi connectivity index (χ3n) is 5.81. The molecule has 1 N–H and O–H groups in total. The number of sulfonamides is 1. The molecule has 0 aliphatic heterocycles. The number of nitrogens with zero attached hydrogens (tertiary/aromatic N) is 1. The number of aryl methyl sites for hydroxylation is 1. The number of H-pyrrole nitrogens is 1. The van der Waals surface area contributed by atoms with E-state index in [2.05, 4.69) is 4.98 Å². The zero-order valence-electron chi connectivity index (χ0n) is 19.5. The lowest BCUT2D eigenvalue weighted by Gasteiger charge is -2.22. The van der Waals surface area contributed by atoms with E-state index in [1.54, 1.807) is 6.07 Å². The minimum atomic E-state index is -4.04. The van der Waals surface area contributed by atoms with E-state index in [1.165, 1.54) is 35.7 Å². The van der Waals surface area contributed by atoms with E-state index in [-0.39, 0.29) is 29.1 Å². The van der Waals surface area contributed by atoms with Crippen molar-refractivity contribution >= 4 is 26.9 Å². The van der Waals surface area contributed by atoms with Gasteiger partial charge < -0.3 is 9.72 Å². The van der Waals surface area contributed by atoms with Crippen molar-refractivity contribution in [3.63, 3.8) is 0 Å². The molecule has 0 aliphatic rings. The highest BCUT2D eigenvalue weighted by Crippen LogP contribution is 2.21. The van der Waals surface area contributed by atoms with Crippen molar-refractivity contribution in [1.29, 1.82) is 0 Å². The lowest BCUT2D eigenvalue weighted by Crippen LogP contribution is -2.34. The Morgan fingerprint density at radius 3 is 2.49 bits per heavy atom. The molecule has 35 heavy (non-hydrogen) atoms. The van der Waals surface area contributed by atoms with Crippen LogP contribution in [-0.4, -0.2) is 37.3 Å². The lowest BCUT2D eigenvalue weighted by molar-refractivity contribution is 0.0600. The van der Waals surface area contributed by atoms with Crippen molar-refractivity contribution < 1.29 is 17.9 Å². The van der Waals surface area contributed by atoms with E-state index in [1.807, 2.05) is 55.5 Å². The van der Waals surface area contributed by atoms with Gasteiger partial charge in [0.2, 0.25) is 10.0 Å². The molecule has 0 fully saturated rings. The van der Waals surface area contributed by atoms with Gasteiger partial charge in [-0.1, -0.05) is 48.0 Å². The number of nitrogens with one attached hydrogen (secondary N) is 1. The van der Waals surface area contributed by atoms with Crippen LogP contribution in [0.15, 0.2) is 88.6 Å². The lowest BCUT2D eigenvalue weighted by atomic mass is 10.1. The summed E-state index contributed by atoms with van der Waals surface area (Å²) in [6.07, 6.45) is 0.460. The van der Waals surface area contributed by atoms with Crippen LogP contribution in [0, 0.1) is 6.92 Å². The second-order valence-corrected chi connectivity index (χ2v) is 10.2. The number of carbonyl (C=O) groups excluding carboxylic acids is 1. The van der Waals surface area contributed by atoms with E-state index < -0.39 is 16.0 Å². The summed E-state index contributed by atoms with van der Waals surface area (Å²) >= 11 is 0. The van der Waals surface area contributed by atoms with Crippen LogP contribution >= 0.6 is 0 Å². The molecule has 180 valence electrons. The van der Waals surface area contributed by atoms with Gasteiger partial charge in [0.25, 0.3) is 5.56 Å². The van der Waals surface area contributed by atoms with Crippen LogP contribution in [0.5, 0.6) is 0 Å². The SMILES string of the molecule is COC(=O)c1cccc(S(=O)(=O)N(CCc2ccccc2)Cc2cc3cc(C)ccc3[nH]c2=O)c1. The second kappa shape index (κ2) is 10.2. The van der Waals surface area contributed by atoms with Gasteiger partial charge in [0.15, 0.2) is 0 Å². The Morgan fingerprint density at radius 2 is 1.74 bits per heavy atom. The number of aromatic nitrogens is 1. The molecule has 1 aromatic heterocycles. The number of methoxy groups -OCH3 is 1. The summed E-state index contributed by atoms with van der Waals surface area (Å²) < 4.78 is 33.4. The van der Waals surface area contributed by atoms with Gasteiger partial charge in [-0.2, -0.15) is 4.31 Å². The quantitative estimate of drug-likeness (QED) is 0.376. The van der Waals surface area contributed by atoms with Gasteiger partial charge in [0, 0.05) is 24.2 Å². The third-order valence-corrected chi connectivity index (χ3v) is 7.65. The predicted molar refractivity (Wildman–Crippen MR) is 135 cm³/mol. The first-order valence-corrected chi connectivity index (χ1v) is 12.6. The summed E-state index contributed by atoms with van der Waals surface area (Å²) in [7, 11) is -2.80. The normalized spacial score (nSPS) is 11.6. The van der Waals surface area contributed by atoms with E-state index in [0.717, 1.165) is 16.5 Å². The Morgan fingerprint density at radius 1 is 0.971 bits per heavy atom. The van der Waals surface area contributed by atoms with Gasteiger partial charge in [-0.25, -0.2) is 13.2 Å². The van der Waals surface area contributed by atoms with Crippen LogP contribution in [-0.2, 0) is 27.7 Å². The first-order chi connectivity index (χ1) is 16.8. The molecule has 0 amide bonds. The largest absolute Gasteiger partial charge is 0.465 e. The third kappa shape index (κ3) is 5.50. The molecular formula is C27H26N2O5S. The van der Waals surface area contributed by atoms with Gasteiger partial charge in [-0.15, -0.1) is 0 Å². The molecule has 7 nitrogen and oxygen atoms in total. The fourth-order valence-electron chi connectivity index (χ4n) is 3.91. The van der Waals surface area contributed by atoms with Crippen molar-refractivity contribution in [2.45, 2.75) is 24.8 Å². The maximum Gasteiger partial charge on any atom is 0.337 e. The summed E-state index contributed by atoms with van der Waals surface area (Å²) in [5, 5.41) is 0.827. The van der Waals surface area contributed by atoms with E-state index >= 15 is 0 Å². The van der Waals surface area contributed by atoms with Gasteiger partial charge in [-0.05, 0) is 60.7 Å². The summed E-state index contributed by atoms with van der Waals surface area (Å²) in [6.45, 7) is 1.99. The van der Waals surface area contributed by atoms with Gasteiger partial charge in [-0.3, -0.25) is 4.79 Å². The fraction of sp³-hybridized carbons (Fsp3) is 0.185. The molecule has 0 atom stereocenters. The maximum absolute atomic E-state index is 13.7. The molecule has 4 aromatic rings. The summed E-state index contributed by atoms with van der Waals surface area (Å²) in [6, 6.07) is 22.7. The maximum atomic E-state index is 13.7. The predicted octanol–water partition coefficient (Wildman–Crippen LogP) is 4.06. The van der Waals surface area contributed by atoms with Crippen molar-refractivity contribution in [3.8, 4) is 0 Å². The van der Waals surface area contributed by atoms with Crippen molar-refractivity contribution in [2.24, 2.45) is 0 Å². The van der Waals surface area contributed by atoms with Gasteiger partial charge in [0.05, 0.1) is 17.6 Å². The number of hydrogen-bond acceptors (Lipinski definition) is 5. The average Bonchev–Trinajstić information content (AvgIpc) is 2.87. The molecule has 0 spiro atoms. The monoisotopic (exact) mass is 490 g/mol. The smallest absolute Gasteiger partial charge is 0.337 e. The highest BCUT2D eigenvalue weighted by atomic mass is 32.2. The Labute approximate surface area is 204 Å². The molecule has 0 radical (unpaired) electrons. The van der Waals surface area contributed by atoms with Crippen molar-refractivity contribution in [2.75, 3.05) is 13.7 Å². The summed E-state index contributed by atoms with van der Waals surface area (Å²) in [4.78, 5) is 27.6. The molecule has 3 aromatic carbocycles. The van der Waals surface area contributed by atoms with Crippen LogP contribution < -0.4 is 5.56 Å². The minimum absolute atomic E-state index is 0.0403. The zero-order valence-corrected chi connectivity index (χ0v) is 20.3. The van der Waals surface area contributed by atoms with Gasteiger partial charge >= 0.3 is 5.97 Å². The van der Waals surface area contributed by atoms with Crippen LogP contribution in [0.2, 0.25) is 0 Å². The van der Waals surface area contributed by atoms with Gasteiger partial charge in [0.1, 0.15) is 0 Å². The highest BCUT2D eigenvalue weighted by molar-refractivity contribution is 7.89. The van der Waals surface area contributed by atoms with Crippen LogP contribution in [0.4, 0.5) is 0 Å². The minimum Gasteiger partial charge on any atom is -0.465 e. The van der Waals surface area contributed by atoms with Crippen LogP contribution in [0.25, 0.3) is 10.9 Å². The molecule has 0 saturated heterocycles. The first kappa shape index (κ1) is 24.4. The second-order valence-electron chi connectivity index (χ2n) is 8.31. The highest BCUT2D eigenvalue weighted by Gasteiger charge is 2.26. The molecule has 0 saturated carbocycles. The zero-order chi connectivity index (χ0) is 25.0. The average molecular weight is 491 g/mol. The fourth-order valence-corrected chi connectivity index (χ4v) is 5.38. The number of esters is 1. The molecule has 1 heterocycles. The number of benzene rings is 3.